The lowest BCUT2D eigenvalue weighted by Gasteiger charge is -2.21. The highest BCUT2D eigenvalue weighted by atomic mass is 16.5. The minimum atomic E-state index is -0.0979. The van der Waals surface area contributed by atoms with Crippen molar-refractivity contribution in [3.05, 3.63) is 132 Å². The lowest BCUT2D eigenvalue weighted by atomic mass is 9.86. The summed E-state index contributed by atoms with van der Waals surface area (Å²) in [4.78, 5) is 4.86. The van der Waals surface area contributed by atoms with Crippen LogP contribution >= 0.6 is 0 Å². The molecule has 51 heavy (non-hydrogen) atoms. The second-order valence-electron chi connectivity index (χ2n) is 16.5. The largest absolute Gasteiger partial charge is 0.457 e. The van der Waals surface area contributed by atoms with Crippen LogP contribution in [0.2, 0.25) is 0 Å². The van der Waals surface area contributed by atoms with Gasteiger partial charge in [-0.3, -0.25) is 4.57 Å². The SMILES string of the molecule is CC(C)c1cccc(C(C)C)c1-c1cnn(-c2cc(Oc3ccc4c5ccccc5n(-c5cc(C(C)(C)C)ccn5)c4c3)cc(C(C)(C)C)c2)c1. The van der Waals surface area contributed by atoms with Crippen molar-refractivity contribution >= 4 is 21.8 Å². The van der Waals surface area contributed by atoms with Gasteiger partial charge in [0.15, 0.2) is 0 Å². The summed E-state index contributed by atoms with van der Waals surface area (Å²) in [5, 5.41) is 7.27. The molecule has 0 bridgehead atoms. The van der Waals surface area contributed by atoms with Crippen molar-refractivity contribution in [2.75, 3.05) is 0 Å². The molecule has 0 aliphatic heterocycles. The maximum Gasteiger partial charge on any atom is 0.137 e. The number of aromatic nitrogens is 4. The lowest BCUT2D eigenvalue weighted by Crippen LogP contribution is -2.12. The van der Waals surface area contributed by atoms with Gasteiger partial charge in [0, 0.05) is 40.9 Å². The van der Waals surface area contributed by atoms with Crippen LogP contribution in [0.15, 0.2) is 110 Å². The van der Waals surface area contributed by atoms with Crippen LogP contribution < -0.4 is 4.74 Å². The highest BCUT2D eigenvalue weighted by Gasteiger charge is 2.21. The van der Waals surface area contributed by atoms with Crippen molar-refractivity contribution < 1.29 is 4.74 Å². The summed E-state index contributed by atoms with van der Waals surface area (Å²) < 4.78 is 11.0. The number of benzene rings is 4. The van der Waals surface area contributed by atoms with Crippen LogP contribution in [0.4, 0.5) is 0 Å². The summed E-state index contributed by atoms with van der Waals surface area (Å²) in [7, 11) is 0. The predicted molar refractivity (Wildman–Crippen MR) is 213 cm³/mol. The van der Waals surface area contributed by atoms with Gasteiger partial charge in [0.1, 0.15) is 17.3 Å². The fourth-order valence-corrected chi connectivity index (χ4v) is 7.09. The Bertz CT molecular complexity index is 2350. The molecule has 0 amide bonds. The topological polar surface area (TPSA) is 44.9 Å². The van der Waals surface area contributed by atoms with Crippen LogP contribution in [-0.4, -0.2) is 19.3 Å². The van der Waals surface area contributed by atoms with Crippen LogP contribution in [0.5, 0.6) is 11.5 Å². The second-order valence-corrected chi connectivity index (χ2v) is 16.5. The first-order chi connectivity index (χ1) is 24.2. The molecule has 7 aromatic rings. The van der Waals surface area contributed by atoms with Gasteiger partial charge < -0.3 is 4.74 Å². The van der Waals surface area contributed by atoms with E-state index in [0.29, 0.717) is 11.8 Å². The minimum Gasteiger partial charge on any atom is -0.457 e. The van der Waals surface area contributed by atoms with Crippen LogP contribution in [0.1, 0.15) is 103 Å². The molecule has 0 atom stereocenters. The maximum atomic E-state index is 6.77. The molecule has 0 fully saturated rings. The minimum absolute atomic E-state index is 0.00433. The zero-order chi connectivity index (χ0) is 36.2. The molecular formula is C46H50N4O. The van der Waals surface area contributed by atoms with E-state index in [0.717, 1.165) is 45.0 Å². The van der Waals surface area contributed by atoms with Crippen molar-refractivity contribution in [1.82, 2.24) is 19.3 Å². The third kappa shape index (κ3) is 6.58. The number of fused-ring (bicyclic) bond motifs is 3. The van der Waals surface area contributed by atoms with Gasteiger partial charge in [0.25, 0.3) is 0 Å². The quantitative estimate of drug-likeness (QED) is 0.169. The second kappa shape index (κ2) is 12.9. The van der Waals surface area contributed by atoms with E-state index in [1.54, 1.807) is 0 Å². The Morgan fingerprint density at radius 1 is 0.627 bits per heavy atom. The molecule has 7 rings (SSSR count). The molecule has 260 valence electrons. The first kappa shape index (κ1) is 34.3. The Labute approximate surface area is 302 Å². The predicted octanol–water partition coefficient (Wildman–Crippen LogP) is 12.7. The Morgan fingerprint density at radius 3 is 2.00 bits per heavy atom. The summed E-state index contributed by atoms with van der Waals surface area (Å²) in [5.74, 6) is 3.25. The van der Waals surface area contributed by atoms with Gasteiger partial charge in [-0.2, -0.15) is 5.10 Å². The van der Waals surface area contributed by atoms with E-state index < -0.39 is 0 Å². The highest BCUT2D eigenvalue weighted by Crippen LogP contribution is 2.39. The highest BCUT2D eigenvalue weighted by molar-refractivity contribution is 6.09. The van der Waals surface area contributed by atoms with Crippen molar-refractivity contribution in [2.24, 2.45) is 0 Å². The number of para-hydroxylation sites is 1. The van der Waals surface area contributed by atoms with E-state index in [9.17, 15) is 0 Å². The summed E-state index contributed by atoms with van der Waals surface area (Å²) >= 11 is 0. The summed E-state index contributed by atoms with van der Waals surface area (Å²) in [6.45, 7) is 22.5. The molecule has 3 aromatic heterocycles. The molecular weight excluding hydrogens is 625 g/mol. The Balaban J connectivity index is 1.33. The first-order valence-electron chi connectivity index (χ1n) is 18.2. The fraction of sp³-hybridized carbons (Fsp3) is 0.304. The summed E-state index contributed by atoms with van der Waals surface area (Å²) in [5.41, 5.74) is 10.6. The van der Waals surface area contributed by atoms with Crippen LogP contribution in [0, 0.1) is 0 Å². The molecule has 5 nitrogen and oxygen atoms in total. The van der Waals surface area contributed by atoms with E-state index in [-0.39, 0.29) is 10.8 Å². The van der Waals surface area contributed by atoms with Gasteiger partial charge in [0.2, 0.25) is 0 Å². The van der Waals surface area contributed by atoms with Crippen LogP contribution in [-0.2, 0) is 10.8 Å². The lowest BCUT2D eigenvalue weighted by molar-refractivity contribution is 0.478. The smallest absolute Gasteiger partial charge is 0.137 e. The molecule has 0 saturated heterocycles. The van der Waals surface area contributed by atoms with Crippen LogP contribution in [0.3, 0.4) is 0 Å². The number of ether oxygens (including phenoxy) is 1. The Morgan fingerprint density at radius 2 is 1.31 bits per heavy atom. The molecule has 0 aliphatic carbocycles. The van der Waals surface area contributed by atoms with Crippen molar-refractivity contribution in [2.45, 2.75) is 91.9 Å². The van der Waals surface area contributed by atoms with E-state index in [1.165, 1.54) is 33.2 Å². The molecule has 0 aliphatic rings. The molecule has 0 radical (unpaired) electrons. The normalized spacial score (nSPS) is 12.5. The number of nitrogens with zero attached hydrogens (tertiary/aromatic N) is 4. The molecule has 0 unspecified atom stereocenters. The van der Waals surface area contributed by atoms with Gasteiger partial charge in [-0.15, -0.1) is 0 Å². The summed E-state index contributed by atoms with van der Waals surface area (Å²) in [6, 6.07) is 32.4. The first-order valence-corrected chi connectivity index (χ1v) is 18.2. The Kier molecular flexibility index (Phi) is 8.65. The van der Waals surface area contributed by atoms with Gasteiger partial charge in [-0.05, 0) is 92.9 Å². The van der Waals surface area contributed by atoms with Gasteiger partial charge >= 0.3 is 0 Å². The number of hydrogen-bond donors (Lipinski definition) is 0. The molecule has 0 spiro atoms. The van der Waals surface area contributed by atoms with Crippen molar-refractivity contribution in [3.8, 4) is 34.1 Å². The maximum absolute atomic E-state index is 6.77. The molecule has 0 saturated carbocycles. The monoisotopic (exact) mass is 674 g/mol. The van der Waals surface area contributed by atoms with Crippen molar-refractivity contribution in [3.63, 3.8) is 0 Å². The van der Waals surface area contributed by atoms with E-state index in [2.05, 4.69) is 171 Å². The number of rotatable bonds is 7. The third-order valence-electron chi connectivity index (χ3n) is 9.99. The van der Waals surface area contributed by atoms with Gasteiger partial charge in [-0.25, -0.2) is 9.67 Å². The number of hydrogen-bond acceptors (Lipinski definition) is 3. The van der Waals surface area contributed by atoms with E-state index in [1.807, 2.05) is 17.1 Å². The molecule has 0 N–H and O–H groups in total. The standard InChI is InChI=1S/C46H50N4O/c1-29(2)37-15-13-16-38(30(3)4)44(37)31-27-48-49(28-31)34-22-33(46(8,9)10)23-36(25-34)51-35-18-19-40-39-14-11-12-17-41(39)50(42(40)26-35)43-24-32(20-21-47-43)45(5,6)7/h11-30H,1-10H3. The number of pyridine rings is 1. The van der Waals surface area contributed by atoms with Gasteiger partial charge in [0.05, 0.1) is 22.9 Å². The van der Waals surface area contributed by atoms with E-state index in [4.69, 9.17) is 14.8 Å². The third-order valence-corrected chi connectivity index (χ3v) is 9.99. The molecule has 5 heteroatoms. The average Bonchev–Trinajstić information content (AvgIpc) is 3.70. The van der Waals surface area contributed by atoms with Crippen molar-refractivity contribution in [1.29, 1.82) is 0 Å². The fourth-order valence-electron chi connectivity index (χ4n) is 7.09. The average molecular weight is 675 g/mol. The van der Waals surface area contributed by atoms with Gasteiger partial charge in [-0.1, -0.05) is 106 Å². The zero-order valence-corrected chi connectivity index (χ0v) is 31.7. The Hall–Kier alpha value is -5.16. The summed E-state index contributed by atoms with van der Waals surface area (Å²) in [6.07, 6.45) is 6.09. The van der Waals surface area contributed by atoms with E-state index >= 15 is 0 Å². The zero-order valence-electron chi connectivity index (χ0n) is 31.7. The molecule has 4 aromatic carbocycles. The molecule has 3 heterocycles. The van der Waals surface area contributed by atoms with Crippen LogP contribution in [0.25, 0.3) is 44.4 Å².